The highest BCUT2D eigenvalue weighted by Gasteiger charge is 2.53. The predicted molar refractivity (Wildman–Crippen MR) is 127 cm³/mol. The standard InChI is InChI=1S/C25H27N7O2/c1-2-16-13-31(24(34)25(15-26)6-7-25)10-5-20(16)30-22-19(23(27)33)12-29-32-14-18(11-21(22)32)17-3-8-28-9-4-17/h3-4,8-9,11-12,14,16,20,30H,2,5-7,10,13H2,1H3,(H2,27,33)/t16-,20+/m0/s1. The van der Waals surface area contributed by atoms with Gasteiger partial charge in [-0.3, -0.25) is 14.6 Å². The normalized spacial score (nSPS) is 21.1. The Morgan fingerprint density at radius 3 is 2.71 bits per heavy atom. The van der Waals surface area contributed by atoms with Crippen LogP contribution in [0.25, 0.3) is 16.6 Å². The minimum Gasteiger partial charge on any atom is -0.379 e. The number of carbonyl (C=O) groups excluding carboxylic acids is 2. The molecular formula is C25H27N7O2. The SMILES string of the molecule is CC[C@H]1CN(C(=O)C2(C#N)CC2)CC[C@H]1Nc1c(C(N)=O)cnn2cc(-c3ccncc3)cc12. The van der Waals surface area contributed by atoms with Crippen molar-refractivity contribution in [3.05, 3.63) is 48.5 Å². The molecule has 0 unspecified atom stereocenters. The first-order chi connectivity index (χ1) is 16.5. The third-order valence-corrected chi connectivity index (χ3v) is 7.16. The first kappa shape index (κ1) is 21.9. The molecule has 0 aromatic carbocycles. The van der Waals surface area contributed by atoms with Crippen LogP contribution in [0.3, 0.4) is 0 Å². The lowest BCUT2D eigenvalue weighted by molar-refractivity contribution is -0.137. The maximum atomic E-state index is 12.9. The van der Waals surface area contributed by atoms with E-state index in [-0.39, 0.29) is 17.9 Å². The number of carbonyl (C=O) groups is 2. The number of primary amides is 1. The van der Waals surface area contributed by atoms with E-state index in [2.05, 4.69) is 28.4 Å². The number of piperidine rings is 1. The van der Waals surface area contributed by atoms with Crippen LogP contribution in [0.1, 0.15) is 43.0 Å². The summed E-state index contributed by atoms with van der Waals surface area (Å²) in [4.78, 5) is 31.1. The highest BCUT2D eigenvalue weighted by molar-refractivity contribution is 6.02. The Bertz CT molecular complexity index is 1290. The van der Waals surface area contributed by atoms with Gasteiger partial charge in [0.15, 0.2) is 0 Å². The molecule has 2 aliphatic rings. The van der Waals surface area contributed by atoms with Gasteiger partial charge in [0.2, 0.25) is 5.91 Å². The number of amides is 2. The van der Waals surface area contributed by atoms with Crippen molar-refractivity contribution < 1.29 is 9.59 Å². The highest BCUT2D eigenvalue weighted by Crippen LogP contribution is 2.47. The second-order valence-electron chi connectivity index (χ2n) is 9.24. The molecule has 5 rings (SSSR count). The molecule has 3 aromatic heterocycles. The van der Waals surface area contributed by atoms with Crippen LogP contribution in [0.2, 0.25) is 0 Å². The molecular weight excluding hydrogens is 430 g/mol. The van der Waals surface area contributed by atoms with Crippen molar-refractivity contribution in [2.75, 3.05) is 18.4 Å². The van der Waals surface area contributed by atoms with E-state index in [0.29, 0.717) is 37.2 Å². The topological polar surface area (TPSA) is 129 Å². The molecule has 9 nitrogen and oxygen atoms in total. The van der Waals surface area contributed by atoms with Crippen molar-refractivity contribution in [3.63, 3.8) is 0 Å². The van der Waals surface area contributed by atoms with Crippen LogP contribution in [0, 0.1) is 22.7 Å². The zero-order chi connectivity index (χ0) is 23.9. The van der Waals surface area contributed by atoms with Crippen molar-refractivity contribution in [3.8, 4) is 17.2 Å². The predicted octanol–water partition coefficient (Wildman–Crippen LogP) is 2.84. The summed E-state index contributed by atoms with van der Waals surface area (Å²) in [6.07, 6.45) is 9.77. The molecule has 2 fully saturated rings. The molecule has 4 heterocycles. The molecule has 34 heavy (non-hydrogen) atoms. The summed E-state index contributed by atoms with van der Waals surface area (Å²) in [7, 11) is 0. The third kappa shape index (κ3) is 3.75. The summed E-state index contributed by atoms with van der Waals surface area (Å²) in [5, 5.41) is 17.4. The smallest absolute Gasteiger partial charge is 0.252 e. The number of pyridine rings is 1. The van der Waals surface area contributed by atoms with E-state index in [1.165, 1.54) is 6.20 Å². The van der Waals surface area contributed by atoms with Crippen molar-refractivity contribution in [2.45, 2.75) is 38.6 Å². The molecule has 1 aliphatic heterocycles. The minimum atomic E-state index is -0.801. The highest BCUT2D eigenvalue weighted by atomic mass is 16.2. The van der Waals surface area contributed by atoms with Crippen LogP contribution in [0.4, 0.5) is 5.69 Å². The fraction of sp³-hybridized carbons (Fsp3) is 0.400. The van der Waals surface area contributed by atoms with Gasteiger partial charge in [-0.1, -0.05) is 6.92 Å². The summed E-state index contributed by atoms with van der Waals surface area (Å²) in [5.74, 6) is -0.408. The maximum absolute atomic E-state index is 12.9. The van der Waals surface area contributed by atoms with Crippen LogP contribution in [-0.4, -0.2) is 50.4 Å². The molecule has 0 bridgehead atoms. The molecule has 9 heteroatoms. The molecule has 3 aromatic rings. The lowest BCUT2D eigenvalue weighted by Crippen LogP contribution is -2.50. The van der Waals surface area contributed by atoms with E-state index in [1.807, 2.05) is 29.3 Å². The number of hydrogen-bond donors (Lipinski definition) is 2. The Kier molecular flexibility index (Phi) is 5.44. The van der Waals surface area contributed by atoms with Gasteiger partial charge in [-0.2, -0.15) is 10.4 Å². The second kappa shape index (κ2) is 8.45. The fourth-order valence-corrected chi connectivity index (χ4v) is 4.90. The Morgan fingerprint density at radius 1 is 1.29 bits per heavy atom. The summed E-state index contributed by atoms with van der Waals surface area (Å²) >= 11 is 0. The van der Waals surface area contributed by atoms with Gasteiger partial charge < -0.3 is 16.0 Å². The van der Waals surface area contributed by atoms with Gasteiger partial charge in [0.05, 0.1) is 29.0 Å². The van der Waals surface area contributed by atoms with Crippen LogP contribution in [-0.2, 0) is 4.79 Å². The first-order valence-corrected chi connectivity index (χ1v) is 11.6. The Hall–Kier alpha value is -3.93. The van der Waals surface area contributed by atoms with Gasteiger partial charge >= 0.3 is 0 Å². The Balaban J connectivity index is 1.45. The van der Waals surface area contributed by atoms with E-state index < -0.39 is 11.3 Å². The zero-order valence-corrected chi connectivity index (χ0v) is 19.1. The lowest BCUT2D eigenvalue weighted by atomic mass is 9.88. The molecule has 0 spiro atoms. The quantitative estimate of drug-likeness (QED) is 0.585. The van der Waals surface area contributed by atoms with Gasteiger partial charge in [0.1, 0.15) is 5.41 Å². The van der Waals surface area contributed by atoms with Gasteiger partial charge in [-0.05, 0) is 55.4 Å². The number of nitriles is 1. The van der Waals surface area contributed by atoms with Crippen molar-refractivity contribution in [2.24, 2.45) is 17.1 Å². The van der Waals surface area contributed by atoms with Crippen molar-refractivity contribution >= 4 is 23.0 Å². The average molecular weight is 458 g/mol. The zero-order valence-electron chi connectivity index (χ0n) is 19.1. The number of nitrogens with one attached hydrogen (secondary N) is 1. The number of anilines is 1. The summed E-state index contributed by atoms with van der Waals surface area (Å²) in [6.45, 7) is 3.26. The molecule has 1 saturated heterocycles. The molecule has 1 aliphatic carbocycles. The Labute approximate surface area is 197 Å². The number of nitrogens with zero attached hydrogens (tertiary/aromatic N) is 5. The van der Waals surface area contributed by atoms with Crippen molar-refractivity contribution in [1.29, 1.82) is 5.26 Å². The number of fused-ring (bicyclic) bond motifs is 1. The molecule has 3 N–H and O–H groups in total. The van der Waals surface area contributed by atoms with E-state index >= 15 is 0 Å². The van der Waals surface area contributed by atoms with Gasteiger partial charge in [-0.15, -0.1) is 0 Å². The number of hydrogen-bond acceptors (Lipinski definition) is 6. The van der Waals surface area contributed by atoms with Gasteiger partial charge in [-0.25, -0.2) is 4.52 Å². The number of nitrogens with two attached hydrogens (primary N) is 1. The van der Waals surface area contributed by atoms with Crippen molar-refractivity contribution in [1.82, 2.24) is 19.5 Å². The molecule has 174 valence electrons. The van der Waals surface area contributed by atoms with E-state index in [0.717, 1.165) is 29.5 Å². The maximum Gasteiger partial charge on any atom is 0.252 e. The Morgan fingerprint density at radius 2 is 2.06 bits per heavy atom. The summed E-state index contributed by atoms with van der Waals surface area (Å²) in [5.41, 5.74) is 8.61. The fourth-order valence-electron chi connectivity index (χ4n) is 4.90. The van der Waals surface area contributed by atoms with E-state index in [4.69, 9.17) is 5.73 Å². The van der Waals surface area contributed by atoms with Gasteiger partial charge in [0.25, 0.3) is 5.91 Å². The first-order valence-electron chi connectivity index (χ1n) is 11.6. The second-order valence-corrected chi connectivity index (χ2v) is 9.24. The lowest BCUT2D eigenvalue weighted by Gasteiger charge is -2.40. The monoisotopic (exact) mass is 457 g/mol. The molecule has 1 saturated carbocycles. The third-order valence-electron chi connectivity index (χ3n) is 7.16. The summed E-state index contributed by atoms with van der Waals surface area (Å²) < 4.78 is 1.74. The van der Waals surface area contributed by atoms with E-state index in [9.17, 15) is 14.9 Å². The number of rotatable bonds is 6. The molecule has 0 radical (unpaired) electrons. The average Bonchev–Trinajstić information content (AvgIpc) is 3.55. The van der Waals surface area contributed by atoms with Gasteiger partial charge in [0, 0.05) is 43.3 Å². The number of aromatic nitrogens is 3. The van der Waals surface area contributed by atoms with Crippen LogP contribution in [0.5, 0.6) is 0 Å². The van der Waals surface area contributed by atoms with Crippen LogP contribution < -0.4 is 11.1 Å². The van der Waals surface area contributed by atoms with Crippen LogP contribution in [0.15, 0.2) is 43.0 Å². The molecule has 2 amide bonds. The number of likely N-dealkylation sites (tertiary alicyclic amines) is 1. The van der Waals surface area contributed by atoms with E-state index in [1.54, 1.807) is 16.9 Å². The van der Waals surface area contributed by atoms with Crippen LogP contribution >= 0.6 is 0 Å². The molecule has 2 atom stereocenters. The largest absolute Gasteiger partial charge is 0.379 e. The minimum absolute atomic E-state index is 0.0374. The summed E-state index contributed by atoms with van der Waals surface area (Å²) in [6, 6.07) is 8.10.